The highest BCUT2D eigenvalue weighted by molar-refractivity contribution is 6.31. The largest absolute Gasteiger partial charge is 0.482 e. The van der Waals surface area contributed by atoms with Crippen LogP contribution in [0.5, 0.6) is 17.4 Å². The Morgan fingerprint density at radius 1 is 1.15 bits per heavy atom. The van der Waals surface area contributed by atoms with E-state index in [2.05, 4.69) is 4.98 Å². The average Bonchev–Trinajstić information content (AvgIpc) is 2.69. The van der Waals surface area contributed by atoms with Gasteiger partial charge in [-0.2, -0.15) is 0 Å². The van der Waals surface area contributed by atoms with Gasteiger partial charge >= 0.3 is 0 Å². The summed E-state index contributed by atoms with van der Waals surface area (Å²) in [6, 6.07) is 10.9. The number of benzene rings is 1. The first-order valence-electron chi connectivity index (χ1n) is 9.10. The number of rotatable bonds is 3. The van der Waals surface area contributed by atoms with Crippen LogP contribution in [0.25, 0.3) is 0 Å². The van der Waals surface area contributed by atoms with Crippen LogP contribution < -0.4 is 14.2 Å². The van der Waals surface area contributed by atoms with Gasteiger partial charge < -0.3 is 19.1 Å². The van der Waals surface area contributed by atoms with Gasteiger partial charge in [-0.05, 0) is 31.2 Å². The summed E-state index contributed by atoms with van der Waals surface area (Å²) in [5.74, 6) is 1.68. The maximum Gasteiger partial charge on any atom is 0.267 e. The van der Waals surface area contributed by atoms with Crippen LogP contribution in [-0.2, 0) is 4.79 Å². The van der Waals surface area contributed by atoms with E-state index in [0.717, 1.165) is 12.8 Å². The van der Waals surface area contributed by atoms with E-state index in [-0.39, 0.29) is 18.1 Å². The van der Waals surface area contributed by atoms with Crippen LogP contribution in [0.1, 0.15) is 19.8 Å². The first kappa shape index (κ1) is 17.9. The predicted octanol–water partition coefficient (Wildman–Crippen LogP) is 3.33. The summed E-state index contributed by atoms with van der Waals surface area (Å²) in [5.41, 5.74) is 0. The molecule has 2 aromatic rings. The van der Waals surface area contributed by atoms with Crippen molar-refractivity contribution in [3.63, 3.8) is 0 Å². The van der Waals surface area contributed by atoms with Gasteiger partial charge in [-0.3, -0.25) is 4.79 Å². The van der Waals surface area contributed by atoms with Crippen LogP contribution in [0, 0.1) is 0 Å². The Labute approximate surface area is 163 Å². The molecule has 0 spiro atoms. The zero-order valence-electron chi connectivity index (χ0n) is 15.0. The van der Waals surface area contributed by atoms with E-state index < -0.39 is 6.10 Å². The first-order chi connectivity index (χ1) is 13.1. The van der Waals surface area contributed by atoms with Gasteiger partial charge in [-0.15, -0.1) is 0 Å². The summed E-state index contributed by atoms with van der Waals surface area (Å²) in [7, 11) is 0. The summed E-state index contributed by atoms with van der Waals surface area (Å²) in [4.78, 5) is 18.9. The van der Waals surface area contributed by atoms with Crippen LogP contribution in [-0.4, -0.2) is 47.2 Å². The van der Waals surface area contributed by atoms with E-state index in [1.54, 1.807) is 18.3 Å². The van der Waals surface area contributed by atoms with Crippen molar-refractivity contribution in [2.45, 2.75) is 38.1 Å². The number of para-hydroxylation sites is 2. The number of hydrogen-bond acceptors (Lipinski definition) is 5. The Balaban J connectivity index is 1.36. The highest BCUT2D eigenvalue weighted by Crippen LogP contribution is 2.34. The number of ether oxygens (including phenoxy) is 3. The van der Waals surface area contributed by atoms with Crippen molar-refractivity contribution in [2.24, 2.45) is 0 Å². The molecule has 4 rings (SSSR count). The number of hydrogen-bond donors (Lipinski definition) is 0. The third-order valence-corrected chi connectivity index (χ3v) is 5.13. The van der Waals surface area contributed by atoms with Crippen molar-refractivity contribution >= 4 is 17.5 Å². The molecule has 0 saturated carbocycles. The Bertz CT molecular complexity index is 823. The molecule has 6 nitrogen and oxygen atoms in total. The van der Waals surface area contributed by atoms with Crippen molar-refractivity contribution in [3.05, 3.63) is 47.6 Å². The molecule has 1 aromatic carbocycles. The molecule has 1 aromatic heterocycles. The summed E-state index contributed by atoms with van der Waals surface area (Å²) in [6.07, 6.45) is 2.10. The van der Waals surface area contributed by atoms with Crippen molar-refractivity contribution < 1.29 is 19.0 Å². The molecule has 0 N–H and O–H groups in total. The van der Waals surface area contributed by atoms with Crippen molar-refractivity contribution in [1.29, 1.82) is 0 Å². The Kier molecular flexibility index (Phi) is 5.07. The molecular weight excluding hydrogens is 368 g/mol. The summed E-state index contributed by atoms with van der Waals surface area (Å²) in [5, 5.41) is 0.497. The summed E-state index contributed by atoms with van der Waals surface area (Å²) < 4.78 is 17.7. The predicted molar refractivity (Wildman–Crippen MR) is 100 cm³/mol. The number of nitrogens with zero attached hydrogens (tertiary/aromatic N) is 2. The van der Waals surface area contributed by atoms with Crippen LogP contribution in [0.2, 0.25) is 5.02 Å². The molecule has 2 aliphatic heterocycles. The smallest absolute Gasteiger partial charge is 0.267 e. The molecule has 0 unspecified atom stereocenters. The molecule has 7 heteroatoms. The maximum absolute atomic E-state index is 12.9. The second-order valence-electron chi connectivity index (χ2n) is 6.74. The minimum Gasteiger partial charge on any atom is -0.482 e. The number of fused-ring (bicyclic) bond motifs is 1. The molecule has 1 fully saturated rings. The third kappa shape index (κ3) is 3.81. The molecule has 0 aliphatic carbocycles. The van der Waals surface area contributed by atoms with E-state index >= 15 is 0 Å². The fraction of sp³-hybridized carbons (Fsp3) is 0.400. The van der Waals surface area contributed by atoms with Gasteiger partial charge in [0.15, 0.2) is 11.5 Å². The van der Waals surface area contributed by atoms with E-state index in [9.17, 15) is 4.79 Å². The number of carbonyl (C=O) groups is 1. The third-order valence-electron chi connectivity index (χ3n) is 4.84. The van der Waals surface area contributed by atoms with Gasteiger partial charge in [0.05, 0.1) is 0 Å². The topological polar surface area (TPSA) is 60.9 Å². The fourth-order valence-electron chi connectivity index (χ4n) is 3.38. The number of halogens is 1. The van der Waals surface area contributed by atoms with Gasteiger partial charge in [0.25, 0.3) is 5.91 Å². The minimum atomic E-state index is -0.636. The second kappa shape index (κ2) is 7.64. The molecule has 3 heterocycles. The highest BCUT2D eigenvalue weighted by Gasteiger charge is 2.38. The maximum atomic E-state index is 12.9. The van der Waals surface area contributed by atoms with Gasteiger partial charge in [-0.25, -0.2) is 4.98 Å². The summed E-state index contributed by atoms with van der Waals surface area (Å²) in [6.45, 7) is 3.06. The van der Waals surface area contributed by atoms with Gasteiger partial charge in [0, 0.05) is 32.1 Å². The monoisotopic (exact) mass is 388 g/mol. The molecule has 0 radical (unpaired) electrons. The van der Waals surface area contributed by atoms with Gasteiger partial charge in [-0.1, -0.05) is 23.7 Å². The van der Waals surface area contributed by atoms with Crippen LogP contribution >= 0.6 is 11.6 Å². The number of piperidine rings is 1. The standard InChI is InChI=1S/C20H21ClN2O4/c1-13-18(27-17-7-3-2-6-16(17)25-13)20(24)23-11-8-14(9-12-23)26-19-15(21)5-4-10-22-19/h2-7,10,13-14,18H,8-9,11-12H2,1H3/t13-,18-/m1/s1. The van der Waals surface area contributed by atoms with E-state index in [4.69, 9.17) is 25.8 Å². The lowest BCUT2D eigenvalue weighted by Gasteiger charge is -2.37. The lowest BCUT2D eigenvalue weighted by molar-refractivity contribution is -0.146. The number of carbonyl (C=O) groups excluding carboxylic acids is 1. The van der Waals surface area contributed by atoms with E-state index in [1.165, 1.54) is 0 Å². The number of amides is 1. The Morgan fingerprint density at radius 3 is 2.56 bits per heavy atom. The highest BCUT2D eigenvalue weighted by atomic mass is 35.5. The quantitative estimate of drug-likeness (QED) is 0.807. The van der Waals surface area contributed by atoms with Crippen LogP contribution in [0.4, 0.5) is 0 Å². The molecule has 1 amide bonds. The molecule has 2 atom stereocenters. The lowest BCUT2D eigenvalue weighted by Crippen LogP contribution is -2.53. The SMILES string of the molecule is C[C@H]1Oc2ccccc2O[C@H]1C(=O)N1CCC(Oc2ncccc2Cl)CC1. The molecular formula is C20H21ClN2O4. The van der Waals surface area contributed by atoms with Gasteiger partial charge in [0.1, 0.15) is 17.2 Å². The van der Waals surface area contributed by atoms with Crippen LogP contribution in [0.3, 0.4) is 0 Å². The summed E-state index contributed by atoms with van der Waals surface area (Å²) >= 11 is 6.10. The molecule has 2 aliphatic rings. The fourth-order valence-corrected chi connectivity index (χ4v) is 3.55. The molecule has 0 bridgehead atoms. The number of likely N-dealkylation sites (tertiary alicyclic amines) is 1. The molecule has 27 heavy (non-hydrogen) atoms. The zero-order valence-corrected chi connectivity index (χ0v) is 15.8. The van der Waals surface area contributed by atoms with E-state index in [0.29, 0.717) is 35.5 Å². The van der Waals surface area contributed by atoms with Crippen molar-refractivity contribution in [3.8, 4) is 17.4 Å². The number of pyridine rings is 1. The van der Waals surface area contributed by atoms with Crippen molar-refractivity contribution in [2.75, 3.05) is 13.1 Å². The Hall–Kier alpha value is -2.47. The Morgan fingerprint density at radius 2 is 1.85 bits per heavy atom. The number of aromatic nitrogens is 1. The minimum absolute atomic E-state index is 0.0110. The van der Waals surface area contributed by atoms with Crippen LogP contribution in [0.15, 0.2) is 42.6 Å². The second-order valence-corrected chi connectivity index (χ2v) is 7.15. The van der Waals surface area contributed by atoms with E-state index in [1.807, 2.05) is 36.1 Å². The van der Waals surface area contributed by atoms with Gasteiger partial charge in [0.2, 0.25) is 12.0 Å². The molecule has 142 valence electrons. The molecule has 1 saturated heterocycles. The lowest BCUT2D eigenvalue weighted by atomic mass is 10.1. The zero-order chi connectivity index (χ0) is 18.8. The first-order valence-corrected chi connectivity index (χ1v) is 9.48. The van der Waals surface area contributed by atoms with Crippen molar-refractivity contribution in [1.82, 2.24) is 9.88 Å². The normalized spacial score (nSPS) is 22.4. The average molecular weight is 389 g/mol.